The highest BCUT2D eigenvalue weighted by Crippen LogP contribution is 2.20. The van der Waals surface area contributed by atoms with Gasteiger partial charge in [0.25, 0.3) is 0 Å². The lowest BCUT2D eigenvalue weighted by molar-refractivity contribution is -0.115. The maximum Gasteiger partial charge on any atom is 0.230 e. The van der Waals surface area contributed by atoms with Gasteiger partial charge < -0.3 is 11.1 Å². The fraction of sp³-hybridized carbons (Fsp3) is 0.0909. The molecule has 0 aliphatic heterocycles. The number of halogens is 2. The molecule has 0 atom stereocenters. The summed E-state index contributed by atoms with van der Waals surface area (Å²) < 4.78 is 13.3. The number of aromatic nitrogens is 1. The Morgan fingerprint density at radius 2 is 2.33 bits per heavy atom. The number of carbonyl (C=O) groups is 1. The first-order valence-corrected chi connectivity index (χ1v) is 6.66. The van der Waals surface area contributed by atoms with Crippen LogP contribution in [0.15, 0.2) is 28.1 Å². The lowest BCUT2D eigenvalue weighted by Crippen LogP contribution is -2.14. The van der Waals surface area contributed by atoms with E-state index in [0.717, 1.165) is 0 Å². The van der Waals surface area contributed by atoms with Crippen molar-refractivity contribution >= 4 is 44.0 Å². The quantitative estimate of drug-likeness (QED) is 0.909. The largest absolute Gasteiger partial charge is 0.375 e. The molecule has 0 radical (unpaired) electrons. The minimum Gasteiger partial charge on any atom is -0.375 e. The van der Waals surface area contributed by atoms with Gasteiger partial charge in [0.05, 0.1) is 16.6 Å². The first kappa shape index (κ1) is 13.0. The molecule has 3 N–H and O–H groups in total. The number of rotatable bonds is 3. The van der Waals surface area contributed by atoms with Gasteiger partial charge in [0.1, 0.15) is 5.82 Å². The van der Waals surface area contributed by atoms with Crippen molar-refractivity contribution in [3.8, 4) is 0 Å². The molecule has 1 heterocycles. The van der Waals surface area contributed by atoms with Crippen molar-refractivity contribution < 1.29 is 9.18 Å². The van der Waals surface area contributed by atoms with Crippen LogP contribution in [0.25, 0.3) is 0 Å². The minimum absolute atomic E-state index is 0.142. The van der Waals surface area contributed by atoms with Crippen molar-refractivity contribution in [2.24, 2.45) is 0 Å². The van der Waals surface area contributed by atoms with Crippen LogP contribution in [0.1, 0.15) is 5.69 Å². The topological polar surface area (TPSA) is 68.0 Å². The van der Waals surface area contributed by atoms with E-state index in [2.05, 4.69) is 26.2 Å². The number of nitrogen functional groups attached to an aromatic ring is 1. The summed E-state index contributed by atoms with van der Waals surface area (Å²) in [5.41, 5.74) is 6.62. The molecule has 2 rings (SSSR count). The van der Waals surface area contributed by atoms with Crippen molar-refractivity contribution in [2.75, 3.05) is 11.1 Å². The molecule has 0 saturated carbocycles. The molecule has 2 aromatic rings. The van der Waals surface area contributed by atoms with Crippen LogP contribution in [0.4, 0.5) is 15.2 Å². The second-order valence-electron chi connectivity index (χ2n) is 3.53. The summed E-state index contributed by atoms with van der Waals surface area (Å²) in [5, 5.41) is 4.82. The number of nitrogens with two attached hydrogens (primary N) is 1. The summed E-state index contributed by atoms with van der Waals surface area (Å²) in [6.07, 6.45) is 0.142. The number of benzene rings is 1. The minimum atomic E-state index is -0.375. The molecular formula is C11H9BrFN3OS. The SMILES string of the molecule is Nc1nc(CC(=O)Nc2ccc(F)c(Br)c2)cs1. The molecular weight excluding hydrogens is 321 g/mol. The van der Waals surface area contributed by atoms with Gasteiger partial charge in [0.2, 0.25) is 5.91 Å². The molecule has 0 spiro atoms. The Morgan fingerprint density at radius 1 is 1.56 bits per heavy atom. The highest BCUT2D eigenvalue weighted by molar-refractivity contribution is 9.10. The highest BCUT2D eigenvalue weighted by Gasteiger charge is 2.08. The molecule has 0 aliphatic carbocycles. The lowest BCUT2D eigenvalue weighted by atomic mass is 10.3. The van der Waals surface area contributed by atoms with Crippen LogP contribution in [-0.2, 0) is 11.2 Å². The van der Waals surface area contributed by atoms with Gasteiger partial charge in [0, 0.05) is 11.1 Å². The second kappa shape index (κ2) is 5.45. The molecule has 18 heavy (non-hydrogen) atoms. The summed E-state index contributed by atoms with van der Waals surface area (Å²) in [6, 6.07) is 4.27. The van der Waals surface area contributed by atoms with Crippen LogP contribution in [0, 0.1) is 5.82 Å². The van der Waals surface area contributed by atoms with Crippen LogP contribution in [0.2, 0.25) is 0 Å². The summed E-state index contributed by atoms with van der Waals surface area (Å²) in [7, 11) is 0. The van der Waals surface area contributed by atoms with Gasteiger partial charge in [-0.15, -0.1) is 11.3 Å². The van der Waals surface area contributed by atoms with Crippen molar-refractivity contribution in [1.29, 1.82) is 0 Å². The molecule has 1 aromatic carbocycles. The van der Waals surface area contributed by atoms with Crippen LogP contribution in [0.5, 0.6) is 0 Å². The third-order valence-electron chi connectivity index (χ3n) is 2.11. The molecule has 0 fully saturated rings. The van der Waals surface area contributed by atoms with E-state index >= 15 is 0 Å². The molecule has 1 aromatic heterocycles. The Bertz CT molecular complexity index is 587. The number of thiazole rings is 1. The number of hydrogen-bond acceptors (Lipinski definition) is 4. The average Bonchev–Trinajstić information content (AvgIpc) is 2.69. The predicted molar refractivity (Wildman–Crippen MR) is 73.0 cm³/mol. The zero-order valence-corrected chi connectivity index (χ0v) is 11.5. The van der Waals surface area contributed by atoms with Crippen LogP contribution < -0.4 is 11.1 Å². The number of nitrogens with zero attached hydrogens (tertiary/aromatic N) is 1. The Hall–Kier alpha value is -1.47. The maximum atomic E-state index is 13.0. The highest BCUT2D eigenvalue weighted by atomic mass is 79.9. The van der Waals surface area contributed by atoms with Crippen molar-refractivity contribution in [3.05, 3.63) is 39.6 Å². The van der Waals surface area contributed by atoms with Gasteiger partial charge in [-0.1, -0.05) is 0 Å². The average molecular weight is 330 g/mol. The van der Waals surface area contributed by atoms with E-state index in [1.807, 2.05) is 0 Å². The van der Waals surface area contributed by atoms with E-state index in [-0.39, 0.29) is 18.1 Å². The van der Waals surface area contributed by atoms with Crippen molar-refractivity contribution in [2.45, 2.75) is 6.42 Å². The molecule has 0 bridgehead atoms. The number of anilines is 2. The van der Waals surface area contributed by atoms with Gasteiger partial charge >= 0.3 is 0 Å². The first-order valence-electron chi connectivity index (χ1n) is 4.99. The smallest absolute Gasteiger partial charge is 0.230 e. The number of nitrogens with one attached hydrogen (secondary N) is 1. The third kappa shape index (κ3) is 3.27. The van der Waals surface area contributed by atoms with Gasteiger partial charge in [-0.2, -0.15) is 0 Å². The molecule has 7 heteroatoms. The monoisotopic (exact) mass is 329 g/mol. The summed E-state index contributed by atoms with van der Waals surface area (Å²) in [5.74, 6) is -0.598. The van der Waals surface area contributed by atoms with Gasteiger partial charge in [-0.05, 0) is 34.1 Å². The maximum absolute atomic E-state index is 13.0. The standard InChI is InChI=1S/C11H9BrFN3OS/c12-8-3-6(1-2-9(8)13)15-10(17)4-7-5-18-11(14)16-7/h1-3,5H,4H2,(H2,14,16)(H,15,17). The van der Waals surface area contributed by atoms with Gasteiger partial charge in [-0.3, -0.25) is 4.79 Å². The van der Waals surface area contributed by atoms with E-state index < -0.39 is 0 Å². The number of amides is 1. The van der Waals surface area contributed by atoms with Crippen molar-refractivity contribution in [1.82, 2.24) is 4.98 Å². The normalized spacial score (nSPS) is 10.3. The molecule has 1 amide bonds. The fourth-order valence-electron chi connectivity index (χ4n) is 1.35. The molecule has 0 aliphatic rings. The fourth-order valence-corrected chi connectivity index (χ4v) is 2.29. The van der Waals surface area contributed by atoms with E-state index in [1.54, 1.807) is 5.38 Å². The van der Waals surface area contributed by atoms with Gasteiger partial charge in [-0.25, -0.2) is 9.37 Å². The van der Waals surface area contributed by atoms with E-state index in [0.29, 0.717) is 21.0 Å². The Labute approximate surface area is 115 Å². The van der Waals surface area contributed by atoms with Gasteiger partial charge in [0.15, 0.2) is 5.13 Å². The van der Waals surface area contributed by atoms with Crippen molar-refractivity contribution in [3.63, 3.8) is 0 Å². The molecule has 4 nitrogen and oxygen atoms in total. The molecule has 0 unspecified atom stereocenters. The van der Waals surface area contributed by atoms with E-state index in [9.17, 15) is 9.18 Å². The Kier molecular flexibility index (Phi) is 3.93. The lowest BCUT2D eigenvalue weighted by Gasteiger charge is -2.04. The summed E-state index contributed by atoms with van der Waals surface area (Å²) in [4.78, 5) is 15.7. The summed E-state index contributed by atoms with van der Waals surface area (Å²) >= 11 is 4.34. The van der Waals surface area contributed by atoms with Crippen LogP contribution >= 0.6 is 27.3 Å². The first-order chi connectivity index (χ1) is 8.54. The third-order valence-corrected chi connectivity index (χ3v) is 3.44. The molecule has 0 saturated heterocycles. The predicted octanol–water partition coefficient (Wildman–Crippen LogP) is 2.81. The second-order valence-corrected chi connectivity index (χ2v) is 5.27. The summed E-state index contributed by atoms with van der Waals surface area (Å²) in [6.45, 7) is 0. The molecule has 94 valence electrons. The van der Waals surface area contributed by atoms with E-state index in [1.165, 1.54) is 29.5 Å². The van der Waals surface area contributed by atoms with E-state index in [4.69, 9.17) is 5.73 Å². The van der Waals surface area contributed by atoms with Crippen LogP contribution in [0.3, 0.4) is 0 Å². The Morgan fingerprint density at radius 3 is 2.94 bits per heavy atom. The van der Waals surface area contributed by atoms with Crippen LogP contribution in [-0.4, -0.2) is 10.9 Å². The zero-order valence-electron chi connectivity index (χ0n) is 9.11. The zero-order chi connectivity index (χ0) is 13.1. The Balaban J connectivity index is 2.00. The number of hydrogen-bond donors (Lipinski definition) is 2. The number of carbonyl (C=O) groups excluding carboxylic acids is 1.